The number of hydrogen-bond acceptors (Lipinski definition) is 6. The van der Waals surface area contributed by atoms with Crippen molar-refractivity contribution < 1.29 is 42.5 Å². The number of amides is 1. The van der Waals surface area contributed by atoms with Crippen LogP contribution in [0.5, 0.6) is 5.75 Å². The number of carboxylic acid groups (broad SMARTS) is 2. The van der Waals surface area contributed by atoms with E-state index in [1.165, 1.54) is 0 Å². The van der Waals surface area contributed by atoms with E-state index in [-0.39, 0.29) is 11.4 Å². The van der Waals surface area contributed by atoms with Crippen LogP contribution in [0.3, 0.4) is 0 Å². The molecule has 0 saturated heterocycles. The van der Waals surface area contributed by atoms with Crippen LogP contribution in [-0.2, 0) is 20.9 Å². The Morgan fingerprint density at radius 2 is 1.59 bits per heavy atom. The summed E-state index contributed by atoms with van der Waals surface area (Å²) in [6.07, 6.45) is 0. The first-order chi connectivity index (χ1) is 19.5. The number of hydrogen-bond donors (Lipinski definition) is 4. The van der Waals surface area contributed by atoms with E-state index in [1.54, 1.807) is 87.5 Å². The Balaban J connectivity index is 1.51. The molecule has 0 bridgehead atoms. The van der Waals surface area contributed by atoms with Gasteiger partial charge < -0.3 is 24.7 Å². The lowest BCUT2D eigenvalue weighted by Gasteiger charge is -2.29. The highest BCUT2D eigenvalue weighted by molar-refractivity contribution is 7.80. The Bertz CT molecular complexity index is 1610. The van der Waals surface area contributed by atoms with Crippen molar-refractivity contribution in [2.24, 2.45) is 5.92 Å². The normalized spacial score (nSPS) is 12.6. The number of fused-ring (bicyclic) bond motifs is 1. The molecule has 12 heteroatoms. The number of nitrogens with one attached hydrogen (secondary N) is 1. The van der Waals surface area contributed by atoms with Crippen molar-refractivity contribution >= 4 is 51.5 Å². The second kappa shape index (κ2) is 12.2. The number of furan rings is 1. The Kier molecular flexibility index (Phi) is 8.74. The SMILES string of the molecule is Cc1c(C(=O)Nc2ccc(-c3ccc(N(C(C(=O)O)C(C)C)S(=O)O)cc3)cc2)oc2cccc(OCC(=O)O)c12. The van der Waals surface area contributed by atoms with E-state index in [9.17, 15) is 28.3 Å². The molecule has 1 amide bonds. The van der Waals surface area contributed by atoms with Crippen molar-refractivity contribution in [1.29, 1.82) is 0 Å². The minimum Gasteiger partial charge on any atom is -0.481 e. The smallest absolute Gasteiger partial charge is 0.341 e. The van der Waals surface area contributed by atoms with Gasteiger partial charge in [-0.05, 0) is 60.4 Å². The van der Waals surface area contributed by atoms with E-state index in [0.29, 0.717) is 28.0 Å². The van der Waals surface area contributed by atoms with E-state index in [1.807, 2.05) is 0 Å². The summed E-state index contributed by atoms with van der Waals surface area (Å²) >= 11 is -2.54. The van der Waals surface area contributed by atoms with Crippen LogP contribution in [0.1, 0.15) is 30.0 Å². The van der Waals surface area contributed by atoms with Gasteiger partial charge in [-0.3, -0.25) is 13.7 Å². The first-order valence-electron chi connectivity index (χ1n) is 12.5. The number of carbonyl (C=O) groups is 3. The summed E-state index contributed by atoms with van der Waals surface area (Å²) in [4.78, 5) is 35.6. The molecule has 0 saturated carbocycles. The van der Waals surface area contributed by atoms with Gasteiger partial charge >= 0.3 is 11.9 Å². The van der Waals surface area contributed by atoms with Crippen LogP contribution in [0, 0.1) is 12.8 Å². The zero-order valence-corrected chi connectivity index (χ0v) is 23.2. The fourth-order valence-corrected chi connectivity index (χ4v) is 5.31. The summed E-state index contributed by atoms with van der Waals surface area (Å²) in [5, 5.41) is 21.8. The lowest BCUT2D eigenvalue weighted by atomic mass is 10.0. The molecule has 0 aliphatic carbocycles. The predicted molar refractivity (Wildman–Crippen MR) is 153 cm³/mol. The van der Waals surface area contributed by atoms with Gasteiger partial charge in [-0.15, -0.1) is 0 Å². The minimum atomic E-state index is -2.54. The molecule has 0 spiro atoms. The van der Waals surface area contributed by atoms with E-state index in [4.69, 9.17) is 14.3 Å². The van der Waals surface area contributed by atoms with E-state index < -0.39 is 47.7 Å². The van der Waals surface area contributed by atoms with Gasteiger partial charge in [0.25, 0.3) is 17.2 Å². The van der Waals surface area contributed by atoms with Gasteiger partial charge in [0.1, 0.15) is 17.4 Å². The van der Waals surface area contributed by atoms with Gasteiger partial charge in [0.15, 0.2) is 12.4 Å². The zero-order chi connectivity index (χ0) is 29.8. The molecule has 4 aromatic rings. The molecule has 3 aromatic carbocycles. The number of carbonyl (C=O) groups excluding carboxylic acids is 1. The Morgan fingerprint density at radius 3 is 2.12 bits per heavy atom. The molecule has 0 radical (unpaired) electrons. The van der Waals surface area contributed by atoms with Crippen LogP contribution in [0.4, 0.5) is 11.4 Å². The number of carboxylic acids is 2. The molecule has 214 valence electrons. The molecule has 4 N–H and O–H groups in total. The maximum absolute atomic E-state index is 13.0. The van der Waals surface area contributed by atoms with Crippen molar-refractivity contribution in [3.8, 4) is 16.9 Å². The van der Waals surface area contributed by atoms with Gasteiger partial charge in [-0.1, -0.05) is 44.2 Å². The second-order valence-corrected chi connectivity index (χ2v) is 10.4. The highest BCUT2D eigenvalue weighted by atomic mass is 32.2. The third-order valence-electron chi connectivity index (χ3n) is 6.38. The monoisotopic (exact) mass is 580 g/mol. The lowest BCUT2D eigenvalue weighted by molar-refractivity contribution is -0.140. The molecule has 0 aliphatic rings. The summed E-state index contributed by atoms with van der Waals surface area (Å²) in [5.74, 6) is -2.86. The van der Waals surface area contributed by atoms with Gasteiger partial charge in [-0.2, -0.15) is 0 Å². The largest absolute Gasteiger partial charge is 0.481 e. The molecule has 11 nitrogen and oxygen atoms in total. The first kappa shape index (κ1) is 29.3. The van der Waals surface area contributed by atoms with Crippen molar-refractivity contribution in [1.82, 2.24) is 0 Å². The second-order valence-electron chi connectivity index (χ2n) is 9.53. The van der Waals surface area contributed by atoms with Crippen molar-refractivity contribution in [2.45, 2.75) is 26.8 Å². The summed E-state index contributed by atoms with van der Waals surface area (Å²) < 4.78 is 33.8. The molecule has 4 rings (SSSR count). The summed E-state index contributed by atoms with van der Waals surface area (Å²) in [7, 11) is 0. The molecule has 1 aromatic heterocycles. The number of aliphatic carboxylic acids is 2. The average molecular weight is 581 g/mol. The number of aryl methyl sites for hydroxylation is 1. The fourth-order valence-electron chi connectivity index (χ4n) is 4.48. The van der Waals surface area contributed by atoms with E-state index in [2.05, 4.69) is 5.32 Å². The summed E-state index contributed by atoms with van der Waals surface area (Å²) in [6.45, 7) is 4.49. The topological polar surface area (TPSA) is 167 Å². The molecule has 1 heterocycles. The highest BCUT2D eigenvalue weighted by Crippen LogP contribution is 2.34. The Hall–Kier alpha value is -4.68. The average Bonchev–Trinajstić information content (AvgIpc) is 3.27. The number of nitrogens with zero attached hydrogens (tertiary/aromatic N) is 1. The standard InChI is InChI=1S/C29H28N2O9S/c1-16(2)26(29(35)36)31(41(37)38)21-13-9-19(10-14-21)18-7-11-20(12-8-18)30-28(34)27-17(3)25-22(39-15-24(32)33)5-4-6-23(25)40-27/h4-14,16,26H,15H2,1-3H3,(H,30,34)(H,32,33)(H,35,36)(H,37,38). The first-order valence-corrected chi connectivity index (χ1v) is 13.6. The number of rotatable bonds is 11. The van der Waals surface area contributed by atoms with Crippen molar-refractivity contribution in [3.05, 3.63) is 78.1 Å². The number of ether oxygens (including phenoxy) is 1. The fraction of sp³-hybridized carbons (Fsp3) is 0.207. The van der Waals surface area contributed by atoms with Gasteiger partial charge in [0.05, 0.1) is 11.1 Å². The summed E-state index contributed by atoms with van der Waals surface area (Å²) in [5.41, 5.74) is 3.26. The molecule has 0 fully saturated rings. The van der Waals surface area contributed by atoms with Crippen molar-refractivity contribution in [2.75, 3.05) is 16.2 Å². The van der Waals surface area contributed by atoms with Crippen LogP contribution in [0.25, 0.3) is 22.1 Å². The number of anilines is 2. The lowest BCUT2D eigenvalue weighted by Crippen LogP contribution is -2.45. The third-order valence-corrected chi connectivity index (χ3v) is 7.15. The molecule has 0 aliphatic heterocycles. The molecular formula is C29H28N2O9S. The van der Waals surface area contributed by atoms with Crippen LogP contribution in [0.15, 0.2) is 71.1 Å². The van der Waals surface area contributed by atoms with Crippen molar-refractivity contribution in [3.63, 3.8) is 0 Å². The minimum absolute atomic E-state index is 0.0675. The third kappa shape index (κ3) is 6.39. The van der Waals surface area contributed by atoms with Crippen LogP contribution in [0.2, 0.25) is 0 Å². The van der Waals surface area contributed by atoms with Gasteiger partial charge in [0.2, 0.25) is 0 Å². The highest BCUT2D eigenvalue weighted by Gasteiger charge is 2.32. The molecular weight excluding hydrogens is 552 g/mol. The Morgan fingerprint density at radius 1 is 0.976 bits per heavy atom. The zero-order valence-electron chi connectivity index (χ0n) is 22.4. The molecule has 2 atom stereocenters. The van der Waals surface area contributed by atoms with Gasteiger partial charge in [0, 0.05) is 11.3 Å². The van der Waals surface area contributed by atoms with E-state index in [0.717, 1.165) is 15.4 Å². The maximum Gasteiger partial charge on any atom is 0.341 e. The van der Waals surface area contributed by atoms with E-state index >= 15 is 0 Å². The number of benzene rings is 3. The quantitative estimate of drug-likeness (QED) is 0.175. The van der Waals surface area contributed by atoms with Crippen LogP contribution < -0.4 is 14.4 Å². The Labute approximate surface area is 237 Å². The van der Waals surface area contributed by atoms with Crippen LogP contribution in [-0.4, -0.2) is 49.5 Å². The van der Waals surface area contributed by atoms with Gasteiger partial charge in [-0.25, -0.2) is 13.8 Å². The van der Waals surface area contributed by atoms with Crippen LogP contribution >= 0.6 is 0 Å². The molecule has 2 unspecified atom stereocenters. The molecule has 41 heavy (non-hydrogen) atoms. The summed E-state index contributed by atoms with van der Waals surface area (Å²) in [6, 6.07) is 17.3. The maximum atomic E-state index is 13.0. The predicted octanol–water partition coefficient (Wildman–Crippen LogP) is 5.18.